The summed E-state index contributed by atoms with van der Waals surface area (Å²) in [6, 6.07) is 0.0405. The molecule has 1 saturated carbocycles. The van der Waals surface area contributed by atoms with E-state index in [-0.39, 0.29) is 12.1 Å². The largest absolute Gasteiger partial charge is 0.392 e. The summed E-state index contributed by atoms with van der Waals surface area (Å²) in [4.78, 5) is 0. The zero-order valence-electron chi connectivity index (χ0n) is 6.59. The number of nitrogens with two attached hydrogens (primary N) is 1. The topological polar surface area (TPSA) is 46.2 Å². The van der Waals surface area contributed by atoms with Crippen molar-refractivity contribution in [3.05, 3.63) is 0 Å². The highest BCUT2D eigenvalue weighted by Crippen LogP contribution is 2.25. The smallest absolute Gasteiger partial charge is 0.0691 e. The van der Waals surface area contributed by atoms with Crippen molar-refractivity contribution in [2.24, 2.45) is 11.7 Å². The molecule has 3 atom stereocenters. The Hall–Kier alpha value is -0.0800. The van der Waals surface area contributed by atoms with Crippen LogP contribution in [0.1, 0.15) is 32.6 Å². The van der Waals surface area contributed by atoms with E-state index in [1.807, 2.05) is 0 Å². The van der Waals surface area contributed by atoms with Gasteiger partial charge in [0, 0.05) is 6.04 Å². The first-order valence-corrected chi connectivity index (χ1v) is 4.17. The second-order valence-corrected chi connectivity index (χ2v) is 3.32. The number of rotatable bonds is 1. The van der Waals surface area contributed by atoms with Crippen LogP contribution in [0.2, 0.25) is 0 Å². The Balaban J connectivity index is 2.33. The summed E-state index contributed by atoms with van der Waals surface area (Å²) in [7, 11) is 0. The average molecular weight is 143 g/mol. The molecule has 0 spiro atoms. The van der Waals surface area contributed by atoms with Gasteiger partial charge in [-0.25, -0.2) is 0 Å². The third-order valence-corrected chi connectivity index (χ3v) is 2.55. The van der Waals surface area contributed by atoms with Gasteiger partial charge in [0.05, 0.1) is 6.10 Å². The molecule has 2 nitrogen and oxygen atoms in total. The maximum Gasteiger partial charge on any atom is 0.0691 e. The first-order chi connectivity index (χ1) is 4.74. The number of aliphatic hydroxyl groups is 1. The van der Waals surface area contributed by atoms with Crippen molar-refractivity contribution in [3.8, 4) is 0 Å². The molecule has 0 saturated heterocycles. The third kappa shape index (κ3) is 1.70. The van der Waals surface area contributed by atoms with Crippen molar-refractivity contribution in [3.63, 3.8) is 0 Å². The van der Waals surface area contributed by atoms with E-state index >= 15 is 0 Å². The summed E-state index contributed by atoms with van der Waals surface area (Å²) in [5.74, 6) is 0.762. The number of hydrogen-bond acceptors (Lipinski definition) is 2. The second kappa shape index (κ2) is 3.35. The van der Waals surface area contributed by atoms with Gasteiger partial charge in [0.25, 0.3) is 0 Å². The van der Waals surface area contributed by atoms with E-state index in [1.54, 1.807) is 0 Å². The molecule has 1 aliphatic rings. The minimum atomic E-state index is -0.234. The predicted molar refractivity (Wildman–Crippen MR) is 41.6 cm³/mol. The molecule has 0 aliphatic heterocycles. The maximum absolute atomic E-state index is 9.27. The molecule has 0 aromatic heterocycles. The van der Waals surface area contributed by atoms with Crippen molar-refractivity contribution < 1.29 is 5.11 Å². The minimum Gasteiger partial charge on any atom is -0.392 e. The fourth-order valence-corrected chi connectivity index (χ4v) is 1.65. The van der Waals surface area contributed by atoms with Crippen LogP contribution in [0.5, 0.6) is 0 Å². The van der Waals surface area contributed by atoms with Crippen LogP contribution in [0.4, 0.5) is 0 Å². The SMILES string of the molecule is CCC1CC[C@@H](O)[C@H](N)C1. The van der Waals surface area contributed by atoms with Gasteiger partial charge in [-0.05, 0) is 25.2 Å². The lowest BCUT2D eigenvalue weighted by Crippen LogP contribution is -2.40. The number of aliphatic hydroxyl groups excluding tert-OH is 1. The van der Waals surface area contributed by atoms with Gasteiger partial charge in [-0.1, -0.05) is 13.3 Å². The molecule has 0 aromatic carbocycles. The van der Waals surface area contributed by atoms with Crippen LogP contribution in [0.25, 0.3) is 0 Å². The van der Waals surface area contributed by atoms with Gasteiger partial charge in [0.15, 0.2) is 0 Å². The summed E-state index contributed by atoms with van der Waals surface area (Å²) in [6.07, 6.45) is 4.05. The van der Waals surface area contributed by atoms with E-state index in [0.29, 0.717) is 0 Å². The molecule has 1 aliphatic carbocycles. The molecular weight excluding hydrogens is 126 g/mol. The lowest BCUT2D eigenvalue weighted by molar-refractivity contribution is 0.0858. The molecule has 1 rings (SSSR count). The van der Waals surface area contributed by atoms with E-state index < -0.39 is 0 Å². The minimum absolute atomic E-state index is 0.0405. The van der Waals surface area contributed by atoms with Crippen LogP contribution in [0.15, 0.2) is 0 Å². The highest BCUT2D eigenvalue weighted by Gasteiger charge is 2.24. The molecule has 0 radical (unpaired) electrons. The van der Waals surface area contributed by atoms with Crippen molar-refractivity contribution >= 4 is 0 Å². The molecule has 2 heteroatoms. The van der Waals surface area contributed by atoms with Gasteiger partial charge >= 0.3 is 0 Å². The number of hydrogen-bond donors (Lipinski definition) is 2. The van der Waals surface area contributed by atoms with Crippen molar-refractivity contribution in [2.45, 2.75) is 44.8 Å². The quantitative estimate of drug-likeness (QED) is 0.572. The Labute approximate surface area is 62.4 Å². The maximum atomic E-state index is 9.27. The van der Waals surface area contributed by atoms with E-state index in [2.05, 4.69) is 6.92 Å². The normalized spacial score (nSPS) is 41.7. The molecule has 0 aromatic rings. The summed E-state index contributed by atoms with van der Waals surface area (Å²) in [5.41, 5.74) is 5.69. The molecule has 10 heavy (non-hydrogen) atoms. The van der Waals surface area contributed by atoms with Gasteiger partial charge in [-0.3, -0.25) is 0 Å². The monoisotopic (exact) mass is 143 g/mol. The van der Waals surface area contributed by atoms with E-state index in [0.717, 1.165) is 25.2 Å². The fourth-order valence-electron chi connectivity index (χ4n) is 1.65. The predicted octanol–water partition coefficient (Wildman–Crippen LogP) is 0.885. The van der Waals surface area contributed by atoms with Gasteiger partial charge in [-0.15, -0.1) is 0 Å². The molecule has 0 amide bonds. The van der Waals surface area contributed by atoms with Crippen LogP contribution in [0.3, 0.4) is 0 Å². The molecule has 0 heterocycles. The van der Waals surface area contributed by atoms with Gasteiger partial charge < -0.3 is 10.8 Å². The Morgan fingerprint density at radius 1 is 1.50 bits per heavy atom. The van der Waals surface area contributed by atoms with Crippen molar-refractivity contribution in [1.29, 1.82) is 0 Å². The van der Waals surface area contributed by atoms with Crippen LogP contribution in [-0.4, -0.2) is 17.3 Å². The molecule has 0 bridgehead atoms. The Bertz CT molecular complexity index is 105. The van der Waals surface area contributed by atoms with Crippen molar-refractivity contribution in [1.82, 2.24) is 0 Å². The van der Waals surface area contributed by atoms with Gasteiger partial charge in [0.2, 0.25) is 0 Å². The van der Waals surface area contributed by atoms with Gasteiger partial charge in [0.1, 0.15) is 0 Å². The standard InChI is InChI=1S/C8H17NO/c1-2-6-3-4-8(10)7(9)5-6/h6-8,10H,2-5,9H2,1H3/t6?,7-,8-/m1/s1. The molecule has 60 valence electrons. The first kappa shape index (κ1) is 8.02. The van der Waals surface area contributed by atoms with Crippen LogP contribution >= 0.6 is 0 Å². The highest BCUT2D eigenvalue weighted by molar-refractivity contribution is 4.81. The highest BCUT2D eigenvalue weighted by atomic mass is 16.3. The average Bonchev–Trinajstić information content (AvgIpc) is 1.95. The summed E-state index contributed by atoms with van der Waals surface area (Å²) in [5, 5.41) is 9.27. The van der Waals surface area contributed by atoms with Crippen LogP contribution < -0.4 is 5.73 Å². The fraction of sp³-hybridized carbons (Fsp3) is 1.00. The summed E-state index contributed by atoms with van der Waals surface area (Å²) >= 11 is 0. The van der Waals surface area contributed by atoms with E-state index in [9.17, 15) is 5.11 Å². The lowest BCUT2D eigenvalue weighted by Gasteiger charge is -2.29. The molecule has 1 unspecified atom stereocenters. The second-order valence-electron chi connectivity index (χ2n) is 3.32. The Morgan fingerprint density at radius 2 is 2.20 bits per heavy atom. The van der Waals surface area contributed by atoms with Crippen LogP contribution in [0, 0.1) is 5.92 Å². The Morgan fingerprint density at radius 3 is 2.70 bits per heavy atom. The molecule has 1 fully saturated rings. The summed E-state index contributed by atoms with van der Waals surface area (Å²) in [6.45, 7) is 2.19. The van der Waals surface area contributed by atoms with E-state index in [4.69, 9.17) is 5.73 Å². The molecular formula is C8H17NO. The summed E-state index contributed by atoms with van der Waals surface area (Å²) < 4.78 is 0. The van der Waals surface area contributed by atoms with Crippen LogP contribution in [-0.2, 0) is 0 Å². The lowest BCUT2D eigenvalue weighted by atomic mass is 9.83. The molecule has 3 N–H and O–H groups in total. The van der Waals surface area contributed by atoms with E-state index in [1.165, 1.54) is 6.42 Å². The Kier molecular flexibility index (Phi) is 2.69. The van der Waals surface area contributed by atoms with Gasteiger partial charge in [-0.2, -0.15) is 0 Å². The zero-order chi connectivity index (χ0) is 7.56. The van der Waals surface area contributed by atoms with Crippen molar-refractivity contribution in [2.75, 3.05) is 0 Å². The first-order valence-electron chi connectivity index (χ1n) is 4.17. The zero-order valence-corrected chi connectivity index (χ0v) is 6.59. The third-order valence-electron chi connectivity index (χ3n) is 2.55.